The van der Waals surface area contributed by atoms with Gasteiger partial charge >= 0.3 is 5.97 Å². The van der Waals surface area contributed by atoms with Gasteiger partial charge in [-0.25, -0.2) is 4.79 Å². The molecular formula is C15H28N2O3. The van der Waals surface area contributed by atoms with Crippen molar-refractivity contribution >= 4 is 11.9 Å². The highest BCUT2D eigenvalue weighted by atomic mass is 16.5. The zero-order valence-corrected chi connectivity index (χ0v) is 13.1. The normalized spacial score (nSPS) is 19.4. The van der Waals surface area contributed by atoms with Crippen LogP contribution in [0.25, 0.3) is 0 Å². The zero-order valence-electron chi connectivity index (χ0n) is 13.1. The van der Waals surface area contributed by atoms with Gasteiger partial charge in [-0.05, 0) is 43.7 Å². The quantitative estimate of drug-likeness (QED) is 0.722. The van der Waals surface area contributed by atoms with E-state index in [-0.39, 0.29) is 17.8 Å². The molecule has 1 aliphatic rings. The van der Waals surface area contributed by atoms with Gasteiger partial charge in [0, 0.05) is 6.42 Å². The lowest BCUT2D eigenvalue weighted by atomic mass is 9.84. The molecule has 1 fully saturated rings. The SMILES string of the molecule is COC(=O)C(NC(=O)CC(C)C1CCNCC1)C(C)C. The van der Waals surface area contributed by atoms with Crippen LogP contribution in [0, 0.1) is 17.8 Å². The number of esters is 1. The minimum Gasteiger partial charge on any atom is -0.467 e. The third-order valence-electron chi connectivity index (χ3n) is 4.13. The van der Waals surface area contributed by atoms with Gasteiger partial charge < -0.3 is 15.4 Å². The van der Waals surface area contributed by atoms with Gasteiger partial charge in [0.25, 0.3) is 0 Å². The maximum absolute atomic E-state index is 12.1. The molecule has 2 unspecified atom stereocenters. The van der Waals surface area contributed by atoms with Crippen molar-refractivity contribution < 1.29 is 14.3 Å². The molecule has 116 valence electrons. The van der Waals surface area contributed by atoms with E-state index in [0.29, 0.717) is 18.3 Å². The number of carbonyl (C=O) groups excluding carboxylic acids is 2. The summed E-state index contributed by atoms with van der Waals surface area (Å²) in [6, 6.07) is -0.548. The highest BCUT2D eigenvalue weighted by Crippen LogP contribution is 2.24. The Labute approximate surface area is 121 Å². The second kappa shape index (κ2) is 8.25. The van der Waals surface area contributed by atoms with E-state index in [1.54, 1.807) is 0 Å². The highest BCUT2D eigenvalue weighted by molar-refractivity contribution is 5.84. The highest BCUT2D eigenvalue weighted by Gasteiger charge is 2.27. The molecule has 2 N–H and O–H groups in total. The minimum atomic E-state index is -0.548. The molecule has 0 aromatic carbocycles. The topological polar surface area (TPSA) is 67.4 Å². The van der Waals surface area contributed by atoms with Crippen LogP contribution in [0.2, 0.25) is 0 Å². The average Bonchev–Trinajstić information content (AvgIpc) is 2.44. The Hall–Kier alpha value is -1.10. The van der Waals surface area contributed by atoms with E-state index in [2.05, 4.69) is 17.6 Å². The standard InChI is InChI=1S/C15H28N2O3/c1-10(2)14(15(19)20-4)17-13(18)9-11(3)12-5-7-16-8-6-12/h10-12,14,16H,5-9H2,1-4H3,(H,17,18). The Morgan fingerprint density at radius 3 is 2.35 bits per heavy atom. The van der Waals surface area contributed by atoms with Crippen molar-refractivity contribution in [2.75, 3.05) is 20.2 Å². The molecular weight excluding hydrogens is 256 g/mol. The van der Waals surface area contributed by atoms with Crippen molar-refractivity contribution in [2.45, 2.75) is 46.1 Å². The van der Waals surface area contributed by atoms with E-state index < -0.39 is 6.04 Å². The average molecular weight is 284 g/mol. The van der Waals surface area contributed by atoms with Gasteiger partial charge in [0.1, 0.15) is 6.04 Å². The molecule has 1 heterocycles. The first-order valence-corrected chi connectivity index (χ1v) is 7.53. The van der Waals surface area contributed by atoms with E-state index in [0.717, 1.165) is 25.9 Å². The maximum Gasteiger partial charge on any atom is 0.328 e. The first-order valence-electron chi connectivity index (χ1n) is 7.53. The smallest absolute Gasteiger partial charge is 0.328 e. The first kappa shape index (κ1) is 17.0. The molecule has 0 aromatic heterocycles. The van der Waals surface area contributed by atoms with Crippen LogP contribution >= 0.6 is 0 Å². The van der Waals surface area contributed by atoms with Crippen molar-refractivity contribution in [1.29, 1.82) is 0 Å². The summed E-state index contributed by atoms with van der Waals surface area (Å²) >= 11 is 0. The van der Waals surface area contributed by atoms with Gasteiger partial charge in [-0.15, -0.1) is 0 Å². The summed E-state index contributed by atoms with van der Waals surface area (Å²) in [6.45, 7) is 8.00. The predicted octanol–water partition coefficient (Wildman–Crippen LogP) is 1.33. The number of rotatable bonds is 6. The Bertz CT molecular complexity index is 325. The number of methoxy groups -OCH3 is 1. The Balaban J connectivity index is 2.46. The summed E-state index contributed by atoms with van der Waals surface area (Å²) in [5, 5.41) is 6.14. The fraction of sp³-hybridized carbons (Fsp3) is 0.867. The van der Waals surface area contributed by atoms with Crippen LogP contribution in [0.1, 0.15) is 40.0 Å². The molecule has 0 bridgehead atoms. The van der Waals surface area contributed by atoms with Crippen LogP contribution in [-0.2, 0) is 14.3 Å². The van der Waals surface area contributed by atoms with Crippen molar-refractivity contribution in [1.82, 2.24) is 10.6 Å². The molecule has 0 spiro atoms. The Morgan fingerprint density at radius 2 is 1.85 bits per heavy atom. The summed E-state index contributed by atoms with van der Waals surface area (Å²) in [6.07, 6.45) is 2.73. The fourth-order valence-electron chi connectivity index (χ4n) is 2.73. The summed E-state index contributed by atoms with van der Waals surface area (Å²) in [5.74, 6) is 0.545. The molecule has 0 aromatic rings. The number of amides is 1. The van der Waals surface area contributed by atoms with Crippen LogP contribution < -0.4 is 10.6 Å². The number of nitrogens with one attached hydrogen (secondary N) is 2. The lowest BCUT2D eigenvalue weighted by Gasteiger charge is -2.28. The predicted molar refractivity (Wildman–Crippen MR) is 78.2 cm³/mol. The van der Waals surface area contributed by atoms with Crippen LogP contribution in [0.4, 0.5) is 0 Å². The van der Waals surface area contributed by atoms with Gasteiger partial charge in [0.15, 0.2) is 0 Å². The lowest BCUT2D eigenvalue weighted by molar-refractivity contribution is -0.146. The largest absolute Gasteiger partial charge is 0.467 e. The Morgan fingerprint density at radius 1 is 1.25 bits per heavy atom. The van der Waals surface area contributed by atoms with Crippen molar-refractivity contribution in [2.24, 2.45) is 17.8 Å². The Kier molecular flexibility index (Phi) is 6.99. The molecule has 2 atom stereocenters. The van der Waals surface area contributed by atoms with E-state index >= 15 is 0 Å². The summed E-state index contributed by atoms with van der Waals surface area (Å²) in [5.41, 5.74) is 0. The van der Waals surface area contributed by atoms with Crippen LogP contribution in [0.15, 0.2) is 0 Å². The van der Waals surface area contributed by atoms with Gasteiger partial charge in [-0.1, -0.05) is 20.8 Å². The fourth-order valence-corrected chi connectivity index (χ4v) is 2.73. The number of carbonyl (C=O) groups is 2. The number of piperidine rings is 1. The maximum atomic E-state index is 12.1. The third-order valence-corrected chi connectivity index (χ3v) is 4.13. The number of hydrogen-bond donors (Lipinski definition) is 2. The first-order chi connectivity index (χ1) is 9.45. The lowest BCUT2D eigenvalue weighted by Crippen LogP contribution is -2.45. The molecule has 0 aliphatic carbocycles. The van der Waals surface area contributed by atoms with Crippen LogP contribution in [0.5, 0.6) is 0 Å². The van der Waals surface area contributed by atoms with E-state index in [1.165, 1.54) is 7.11 Å². The second-order valence-corrected chi connectivity index (χ2v) is 6.08. The van der Waals surface area contributed by atoms with Crippen molar-refractivity contribution in [3.8, 4) is 0 Å². The molecule has 0 saturated carbocycles. The molecule has 1 saturated heterocycles. The summed E-state index contributed by atoms with van der Waals surface area (Å²) in [7, 11) is 1.35. The van der Waals surface area contributed by atoms with Gasteiger partial charge in [0.2, 0.25) is 5.91 Å². The molecule has 5 nitrogen and oxygen atoms in total. The molecule has 0 radical (unpaired) electrons. The molecule has 20 heavy (non-hydrogen) atoms. The van der Waals surface area contributed by atoms with Gasteiger partial charge in [0.05, 0.1) is 7.11 Å². The number of ether oxygens (including phenoxy) is 1. The van der Waals surface area contributed by atoms with Crippen molar-refractivity contribution in [3.63, 3.8) is 0 Å². The van der Waals surface area contributed by atoms with Crippen LogP contribution in [0.3, 0.4) is 0 Å². The van der Waals surface area contributed by atoms with Gasteiger partial charge in [-0.2, -0.15) is 0 Å². The van der Waals surface area contributed by atoms with E-state index in [1.807, 2.05) is 13.8 Å². The van der Waals surface area contributed by atoms with E-state index in [4.69, 9.17) is 4.74 Å². The third kappa shape index (κ3) is 5.12. The van der Waals surface area contributed by atoms with Gasteiger partial charge in [-0.3, -0.25) is 4.79 Å². The van der Waals surface area contributed by atoms with E-state index in [9.17, 15) is 9.59 Å². The second-order valence-electron chi connectivity index (χ2n) is 6.08. The summed E-state index contributed by atoms with van der Waals surface area (Å²) in [4.78, 5) is 23.7. The van der Waals surface area contributed by atoms with Crippen LogP contribution in [-0.4, -0.2) is 38.1 Å². The summed E-state index contributed by atoms with van der Waals surface area (Å²) < 4.78 is 4.73. The zero-order chi connectivity index (χ0) is 15.1. The minimum absolute atomic E-state index is 0.0283. The molecule has 5 heteroatoms. The molecule has 1 rings (SSSR count). The number of hydrogen-bond acceptors (Lipinski definition) is 4. The molecule has 1 amide bonds. The monoisotopic (exact) mass is 284 g/mol. The van der Waals surface area contributed by atoms with Crippen molar-refractivity contribution in [3.05, 3.63) is 0 Å². The molecule has 1 aliphatic heterocycles.